The van der Waals surface area contributed by atoms with Crippen molar-refractivity contribution in [2.24, 2.45) is 0 Å². The standard InChI is InChI=1S/C24H29N3O5/c1-4-31-19-9-8-17(22(32-5-2)20(19)16-10-12-30-13-11-16)27-23-21(24(28)29-3)26-18(14-25-23)15-6-7-15/h8-10,14-15H,4-7,11-13H2,1-3H3,(H,25,27). The van der Waals surface area contributed by atoms with E-state index in [1.54, 1.807) is 6.20 Å². The van der Waals surface area contributed by atoms with Crippen molar-refractivity contribution in [3.8, 4) is 11.5 Å². The molecular formula is C24H29N3O5. The van der Waals surface area contributed by atoms with Crippen molar-refractivity contribution in [1.82, 2.24) is 9.97 Å². The predicted molar refractivity (Wildman–Crippen MR) is 121 cm³/mol. The lowest BCUT2D eigenvalue weighted by Crippen LogP contribution is -2.13. The Morgan fingerprint density at radius 1 is 1.22 bits per heavy atom. The average molecular weight is 440 g/mol. The molecule has 1 aromatic heterocycles. The molecule has 8 heteroatoms. The second kappa shape index (κ2) is 9.99. The smallest absolute Gasteiger partial charge is 0.360 e. The summed E-state index contributed by atoms with van der Waals surface area (Å²) in [6.07, 6.45) is 6.67. The molecule has 1 aliphatic heterocycles. The Balaban J connectivity index is 1.78. The topological polar surface area (TPSA) is 91.8 Å². The molecule has 1 aromatic carbocycles. The highest BCUT2D eigenvalue weighted by Crippen LogP contribution is 2.44. The molecule has 4 rings (SSSR count). The highest BCUT2D eigenvalue weighted by atomic mass is 16.5. The first-order valence-corrected chi connectivity index (χ1v) is 11.1. The summed E-state index contributed by atoms with van der Waals surface area (Å²) in [5.74, 6) is 1.57. The summed E-state index contributed by atoms with van der Waals surface area (Å²) in [7, 11) is 1.34. The number of esters is 1. The molecule has 0 atom stereocenters. The Labute approximate surface area is 188 Å². The third-order valence-corrected chi connectivity index (χ3v) is 5.41. The van der Waals surface area contributed by atoms with Gasteiger partial charge in [-0.25, -0.2) is 14.8 Å². The van der Waals surface area contributed by atoms with Gasteiger partial charge in [-0.3, -0.25) is 0 Å². The van der Waals surface area contributed by atoms with Crippen LogP contribution in [0.4, 0.5) is 11.5 Å². The molecule has 0 radical (unpaired) electrons. The van der Waals surface area contributed by atoms with Gasteiger partial charge in [0.05, 0.1) is 56.7 Å². The van der Waals surface area contributed by atoms with Crippen LogP contribution in [0.5, 0.6) is 11.5 Å². The fourth-order valence-corrected chi connectivity index (χ4v) is 3.73. The summed E-state index contributed by atoms with van der Waals surface area (Å²) in [5.41, 5.74) is 3.66. The molecule has 1 fully saturated rings. The van der Waals surface area contributed by atoms with Gasteiger partial charge in [0.15, 0.2) is 17.3 Å². The van der Waals surface area contributed by atoms with Crippen LogP contribution >= 0.6 is 0 Å². The summed E-state index contributed by atoms with van der Waals surface area (Å²) in [4.78, 5) is 21.5. The first-order chi connectivity index (χ1) is 15.7. The van der Waals surface area contributed by atoms with Crippen LogP contribution in [0.15, 0.2) is 24.4 Å². The lowest BCUT2D eigenvalue weighted by atomic mass is 9.98. The predicted octanol–water partition coefficient (Wildman–Crippen LogP) is 4.49. The maximum Gasteiger partial charge on any atom is 0.360 e. The number of carbonyl (C=O) groups excluding carboxylic acids is 1. The first kappa shape index (κ1) is 22.1. The lowest BCUT2D eigenvalue weighted by molar-refractivity contribution is 0.0594. The van der Waals surface area contributed by atoms with Crippen LogP contribution in [0.2, 0.25) is 0 Å². The zero-order chi connectivity index (χ0) is 22.5. The summed E-state index contributed by atoms with van der Waals surface area (Å²) >= 11 is 0. The number of methoxy groups -OCH3 is 1. The number of anilines is 2. The molecule has 0 unspecified atom stereocenters. The number of carbonyl (C=O) groups is 1. The molecule has 1 aliphatic carbocycles. The Morgan fingerprint density at radius 3 is 2.69 bits per heavy atom. The molecule has 2 heterocycles. The van der Waals surface area contributed by atoms with Crippen molar-refractivity contribution < 1.29 is 23.7 Å². The van der Waals surface area contributed by atoms with E-state index in [0.29, 0.717) is 49.6 Å². The second-order valence-corrected chi connectivity index (χ2v) is 7.62. The second-order valence-electron chi connectivity index (χ2n) is 7.62. The molecule has 1 N–H and O–H groups in total. The molecule has 1 saturated carbocycles. The number of aromatic nitrogens is 2. The third-order valence-electron chi connectivity index (χ3n) is 5.41. The molecular weight excluding hydrogens is 410 g/mol. The van der Waals surface area contributed by atoms with E-state index in [0.717, 1.165) is 41.8 Å². The lowest BCUT2D eigenvalue weighted by Gasteiger charge is -2.23. The minimum atomic E-state index is -0.529. The van der Waals surface area contributed by atoms with Gasteiger partial charge in [0.25, 0.3) is 0 Å². The van der Waals surface area contributed by atoms with E-state index in [4.69, 9.17) is 18.9 Å². The van der Waals surface area contributed by atoms with Crippen LogP contribution in [0.1, 0.15) is 60.8 Å². The van der Waals surface area contributed by atoms with Crippen molar-refractivity contribution in [2.45, 2.75) is 39.0 Å². The highest BCUT2D eigenvalue weighted by molar-refractivity contribution is 5.94. The van der Waals surface area contributed by atoms with E-state index >= 15 is 0 Å². The minimum Gasteiger partial charge on any atom is -0.493 e. The SMILES string of the molecule is CCOc1ccc(Nc2ncc(C3CC3)nc2C(=O)OC)c(OCC)c1C1=CCOCC1. The van der Waals surface area contributed by atoms with Gasteiger partial charge in [-0.15, -0.1) is 0 Å². The summed E-state index contributed by atoms with van der Waals surface area (Å²) in [6, 6.07) is 3.78. The minimum absolute atomic E-state index is 0.167. The Kier molecular flexibility index (Phi) is 6.90. The number of nitrogens with one attached hydrogen (secondary N) is 1. The highest BCUT2D eigenvalue weighted by Gasteiger charge is 2.28. The van der Waals surface area contributed by atoms with Crippen molar-refractivity contribution >= 4 is 23.0 Å². The zero-order valence-electron chi connectivity index (χ0n) is 18.8. The van der Waals surface area contributed by atoms with E-state index < -0.39 is 5.97 Å². The maximum absolute atomic E-state index is 12.4. The van der Waals surface area contributed by atoms with Crippen molar-refractivity contribution in [3.05, 3.63) is 41.4 Å². The first-order valence-electron chi connectivity index (χ1n) is 11.1. The van der Waals surface area contributed by atoms with Crippen LogP contribution in [-0.2, 0) is 9.47 Å². The Hall–Kier alpha value is -3.13. The monoisotopic (exact) mass is 439 g/mol. The van der Waals surface area contributed by atoms with E-state index in [1.165, 1.54) is 7.11 Å². The fourth-order valence-electron chi connectivity index (χ4n) is 3.73. The van der Waals surface area contributed by atoms with Crippen molar-refractivity contribution in [2.75, 3.05) is 38.9 Å². The summed E-state index contributed by atoms with van der Waals surface area (Å²) in [6.45, 7) is 6.08. The Bertz CT molecular complexity index is 1020. The molecule has 0 bridgehead atoms. The van der Waals surface area contributed by atoms with Gasteiger partial charge in [0.1, 0.15) is 5.75 Å². The summed E-state index contributed by atoms with van der Waals surface area (Å²) in [5, 5.41) is 3.26. The number of hydrogen-bond donors (Lipinski definition) is 1. The zero-order valence-corrected chi connectivity index (χ0v) is 18.8. The van der Waals surface area contributed by atoms with E-state index in [1.807, 2.05) is 26.0 Å². The van der Waals surface area contributed by atoms with E-state index in [2.05, 4.69) is 21.4 Å². The van der Waals surface area contributed by atoms with Gasteiger partial charge in [-0.05, 0) is 50.8 Å². The van der Waals surface area contributed by atoms with E-state index in [9.17, 15) is 4.79 Å². The number of hydrogen-bond acceptors (Lipinski definition) is 8. The van der Waals surface area contributed by atoms with Crippen LogP contribution in [0.25, 0.3) is 5.57 Å². The molecule has 8 nitrogen and oxygen atoms in total. The molecule has 0 saturated heterocycles. The van der Waals surface area contributed by atoms with Crippen LogP contribution in [0.3, 0.4) is 0 Å². The normalized spacial score (nSPS) is 15.7. The largest absolute Gasteiger partial charge is 0.493 e. The quantitative estimate of drug-likeness (QED) is 0.572. The number of rotatable bonds is 9. The van der Waals surface area contributed by atoms with Crippen LogP contribution in [0, 0.1) is 0 Å². The number of benzene rings is 1. The summed E-state index contributed by atoms with van der Waals surface area (Å²) < 4.78 is 22.5. The third kappa shape index (κ3) is 4.70. The Morgan fingerprint density at radius 2 is 2.03 bits per heavy atom. The van der Waals surface area contributed by atoms with Crippen molar-refractivity contribution in [1.29, 1.82) is 0 Å². The van der Waals surface area contributed by atoms with Crippen LogP contribution in [-0.4, -0.2) is 49.5 Å². The molecule has 0 spiro atoms. The fraction of sp³-hybridized carbons (Fsp3) is 0.458. The molecule has 2 aliphatic rings. The molecule has 32 heavy (non-hydrogen) atoms. The van der Waals surface area contributed by atoms with Crippen molar-refractivity contribution in [3.63, 3.8) is 0 Å². The maximum atomic E-state index is 12.4. The van der Waals surface area contributed by atoms with Crippen LogP contribution < -0.4 is 14.8 Å². The average Bonchev–Trinajstić information content (AvgIpc) is 3.67. The van der Waals surface area contributed by atoms with Gasteiger partial charge < -0.3 is 24.3 Å². The van der Waals surface area contributed by atoms with Gasteiger partial charge in [0, 0.05) is 5.92 Å². The van der Waals surface area contributed by atoms with Gasteiger partial charge in [-0.2, -0.15) is 0 Å². The van der Waals surface area contributed by atoms with E-state index in [-0.39, 0.29) is 5.69 Å². The number of nitrogens with zero attached hydrogens (tertiary/aromatic N) is 2. The van der Waals surface area contributed by atoms with Gasteiger partial charge in [-0.1, -0.05) is 6.08 Å². The molecule has 0 amide bonds. The molecule has 170 valence electrons. The van der Waals surface area contributed by atoms with Gasteiger partial charge >= 0.3 is 5.97 Å². The van der Waals surface area contributed by atoms with Gasteiger partial charge in [0.2, 0.25) is 0 Å². The number of ether oxygens (including phenoxy) is 4. The molecule has 2 aromatic rings.